The molecule has 0 unspecified atom stereocenters. The second-order valence-corrected chi connectivity index (χ2v) is 6.11. The molecule has 7 heteroatoms. The van der Waals surface area contributed by atoms with Gasteiger partial charge in [0.05, 0.1) is 12.7 Å². The van der Waals surface area contributed by atoms with Crippen molar-refractivity contribution in [2.45, 2.75) is 26.2 Å². The van der Waals surface area contributed by atoms with E-state index in [0.717, 1.165) is 17.3 Å². The van der Waals surface area contributed by atoms with Crippen molar-refractivity contribution in [1.29, 1.82) is 0 Å². The normalized spacial score (nSPS) is 9.23. The number of carbonyl (C=O) groups is 1. The molecule has 0 aliphatic heterocycles. The van der Waals surface area contributed by atoms with Gasteiger partial charge < -0.3 is 13.1 Å². The summed E-state index contributed by atoms with van der Waals surface area (Å²) in [6.45, 7) is 3.26. The highest BCUT2D eigenvalue weighted by Crippen LogP contribution is 2.15. The molecule has 0 amide bonds. The van der Waals surface area contributed by atoms with E-state index in [1.54, 1.807) is 47.3 Å². The zero-order valence-corrected chi connectivity index (χ0v) is 18.6. The van der Waals surface area contributed by atoms with Gasteiger partial charge in [0.2, 0.25) is 0 Å². The number of anilines is 1. The predicted octanol–water partition coefficient (Wildman–Crippen LogP) is 6.57. The van der Waals surface area contributed by atoms with Gasteiger partial charge in [-0.15, -0.1) is 12.4 Å². The van der Waals surface area contributed by atoms with Gasteiger partial charge in [-0.2, -0.15) is 0 Å². The largest absolute Gasteiger partial charge is 0.465 e. The molecule has 0 aliphatic rings. The van der Waals surface area contributed by atoms with Gasteiger partial charge in [-0.05, 0) is 55.0 Å². The Morgan fingerprint density at radius 1 is 1.08 bits per heavy atom. The fraction of sp³-hybridized carbons (Fsp3) is 0.316. The molecule has 26 heavy (non-hydrogen) atoms. The standard InChI is InChI=1S/C11H16ClN.C8H7IO3.ClH/c1-2-3-4-9-13-11-7-5-10(12)6-8-11;1-11-8(10)6-2-4-7(12-9)5-3-6;/h5-8,13H,2-4,9H2,1H3;2-5H,1H3;1H. The molecular weight excluding hydrogens is 488 g/mol. The molecule has 2 aromatic rings. The maximum absolute atomic E-state index is 10.9. The molecule has 0 fully saturated rings. The quantitative estimate of drug-likeness (QED) is 0.259. The molecule has 1 N–H and O–H groups in total. The smallest absolute Gasteiger partial charge is 0.337 e. The fourth-order valence-electron chi connectivity index (χ4n) is 1.94. The summed E-state index contributed by atoms with van der Waals surface area (Å²) >= 11 is 7.54. The number of carbonyl (C=O) groups excluding carboxylic acids is 1. The Bertz CT molecular complexity index is 622. The summed E-state index contributed by atoms with van der Waals surface area (Å²) in [5.41, 5.74) is 1.68. The Morgan fingerprint density at radius 3 is 2.19 bits per heavy atom. The van der Waals surface area contributed by atoms with E-state index in [0.29, 0.717) is 11.3 Å². The van der Waals surface area contributed by atoms with Crippen LogP contribution in [0.2, 0.25) is 5.02 Å². The Labute approximate surface area is 180 Å². The SMILES string of the molecule is CCCCCNc1ccc(Cl)cc1.COC(=O)c1ccc(OI)cc1.Cl. The molecule has 144 valence electrons. The number of esters is 1. The molecule has 0 saturated heterocycles. The summed E-state index contributed by atoms with van der Waals surface area (Å²) in [5.74, 6) is 0.373. The number of rotatable bonds is 7. The third kappa shape index (κ3) is 10.1. The topological polar surface area (TPSA) is 47.6 Å². The van der Waals surface area contributed by atoms with E-state index in [1.165, 1.54) is 26.4 Å². The highest BCUT2D eigenvalue weighted by Gasteiger charge is 2.03. The van der Waals surface area contributed by atoms with Gasteiger partial charge >= 0.3 is 5.97 Å². The molecule has 0 spiro atoms. The van der Waals surface area contributed by atoms with Crippen LogP contribution < -0.4 is 8.38 Å². The first-order valence-electron chi connectivity index (χ1n) is 8.07. The van der Waals surface area contributed by atoms with E-state index in [2.05, 4.69) is 17.0 Å². The lowest BCUT2D eigenvalue weighted by Crippen LogP contribution is -2.00. The second-order valence-electron chi connectivity index (χ2n) is 5.23. The second kappa shape index (κ2) is 14.9. The van der Waals surface area contributed by atoms with Crippen molar-refractivity contribution in [3.05, 3.63) is 59.1 Å². The number of halogens is 3. The minimum atomic E-state index is -0.338. The lowest BCUT2D eigenvalue weighted by atomic mass is 10.2. The van der Waals surface area contributed by atoms with E-state index in [1.807, 2.05) is 24.3 Å². The minimum absolute atomic E-state index is 0. The monoisotopic (exact) mass is 511 g/mol. The molecule has 0 aromatic heterocycles. The molecule has 2 rings (SSSR count). The first-order chi connectivity index (χ1) is 12.1. The van der Waals surface area contributed by atoms with Gasteiger partial charge in [0.25, 0.3) is 0 Å². The van der Waals surface area contributed by atoms with Crippen LogP contribution in [0.5, 0.6) is 5.75 Å². The van der Waals surface area contributed by atoms with Crippen LogP contribution in [-0.4, -0.2) is 19.6 Å². The van der Waals surface area contributed by atoms with Crippen molar-refractivity contribution in [2.24, 2.45) is 0 Å². The third-order valence-corrected chi connectivity index (χ3v) is 4.08. The molecule has 4 nitrogen and oxygen atoms in total. The van der Waals surface area contributed by atoms with Crippen LogP contribution in [0, 0.1) is 0 Å². The van der Waals surface area contributed by atoms with Crippen LogP contribution in [0.25, 0.3) is 0 Å². The van der Waals surface area contributed by atoms with E-state index in [4.69, 9.17) is 14.7 Å². The fourth-order valence-corrected chi connectivity index (χ4v) is 2.36. The van der Waals surface area contributed by atoms with Crippen molar-refractivity contribution in [2.75, 3.05) is 19.0 Å². The van der Waals surface area contributed by atoms with Gasteiger partial charge in [-0.3, -0.25) is 0 Å². The highest BCUT2D eigenvalue weighted by molar-refractivity contribution is 14.1. The number of unbranched alkanes of at least 4 members (excludes halogenated alkanes) is 2. The molecule has 0 bridgehead atoms. The zero-order chi connectivity index (χ0) is 18.5. The first kappa shape index (κ1) is 24.8. The maximum atomic E-state index is 10.9. The van der Waals surface area contributed by atoms with Crippen LogP contribution in [0.1, 0.15) is 36.5 Å². The van der Waals surface area contributed by atoms with Crippen LogP contribution in [-0.2, 0) is 4.74 Å². The zero-order valence-electron chi connectivity index (χ0n) is 14.8. The Morgan fingerprint density at radius 2 is 1.69 bits per heavy atom. The number of nitrogens with one attached hydrogen (secondary N) is 1. The summed E-state index contributed by atoms with van der Waals surface area (Å²) in [5, 5.41) is 4.14. The summed E-state index contributed by atoms with van der Waals surface area (Å²) in [6, 6.07) is 14.5. The van der Waals surface area contributed by atoms with E-state index < -0.39 is 0 Å². The first-order valence-corrected chi connectivity index (χ1v) is 9.33. The number of ether oxygens (including phenoxy) is 1. The number of hydrogen-bond donors (Lipinski definition) is 1. The third-order valence-electron chi connectivity index (χ3n) is 3.32. The Balaban J connectivity index is 0.000000464. The predicted molar refractivity (Wildman–Crippen MR) is 119 cm³/mol. The molecule has 2 aromatic carbocycles. The summed E-state index contributed by atoms with van der Waals surface area (Å²) < 4.78 is 9.43. The lowest BCUT2D eigenvalue weighted by Gasteiger charge is -2.05. The summed E-state index contributed by atoms with van der Waals surface area (Å²) in [4.78, 5) is 10.9. The molecule has 0 heterocycles. The summed E-state index contributed by atoms with van der Waals surface area (Å²) in [7, 11) is 1.35. The van der Waals surface area contributed by atoms with Gasteiger partial charge in [-0.25, -0.2) is 4.79 Å². The van der Waals surface area contributed by atoms with E-state index in [-0.39, 0.29) is 18.4 Å². The molecule has 0 atom stereocenters. The van der Waals surface area contributed by atoms with Gasteiger partial charge in [0.1, 0.15) is 5.75 Å². The number of methoxy groups -OCH3 is 1. The molecule has 0 saturated carbocycles. The van der Waals surface area contributed by atoms with Crippen LogP contribution in [0.15, 0.2) is 48.5 Å². The van der Waals surface area contributed by atoms with Gasteiger partial charge in [0.15, 0.2) is 23.0 Å². The minimum Gasteiger partial charge on any atom is -0.465 e. The van der Waals surface area contributed by atoms with Crippen molar-refractivity contribution in [3.63, 3.8) is 0 Å². The molecule has 0 radical (unpaired) electrons. The molecule has 0 aliphatic carbocycles. The van der Waals surface area contributed by atoms with Crippen LogP contribution in [0.4, 0.5) is 5.69 Å². The van der Waals surface area contributed by atoms with E-state index >= 15 is 0 Å². The van der Waals surface area contributed by atoms with Crippen molar-refractivity contribution >= 4 is 58.7 Å². The van der Waals surface area contributed by atoms with Crippen molar-refractivity contribution in [3.8, 4) is 5.75 Å². The van der Waals surface area contributed by atoms with Crippen LogP contribution in [0.3, 0.4) is 0 Å². The summed E-state index contributed by atoms with van der Waals surface area (Å²) in [6.07, 6.45) is 3.79. The van der Waals surface area contributed by atoms with Crippen molar-refractivity contribution < 1.29 is 12.6 Å². The number of hydrogen-bond acceptors (Lipinski definition) is 4. The van der Waals surface area contributed by atoms with Gasteiger partial charge in [0, 0.05) is 17.3 Å². The Hall–Kier alpha value is -1.18. The van der Waals surface area contributed by atoms with Crippen LogP contribution >= 0.6 is 47.0 Å². The van der Waals surface area contributed by atoms with E-state index in [9.17, 15) is 4.79 Å². The Kier molecular flexibility index (Phi) is 14.3. The van der Waals surface area contributed by atoms with Crippen molar-refractivity contribution in [1.82, 2.24) is 0 Å². The average Bonchev–Trinajstić information content (AvgIpc) is 2.66. The van der Waals surface area contributed by atoms with Gasteiger partial charge in [-0.1, -0.05) is 31.4 Å². The molecular formula is C19H24Cl2INO3. The highest BCUT2D eigenvalue weighted by atomic mass is 127. The average molecular weight is 512 g/mol. The maximum Gasteiger partial charge on any atom is 0.337 e. The lowest BCUT2D eigenvalue weighted by molar-refractivity contribution is 0.0600. The number of benzene rings is 2.